The summed E-state index contributed by atoms with van der Waals surface area (Å²) in [5.41, 5.74) is -0.193. The Labute approximate surface area is 222 Å². The monoisotopic (exact) mass is 538 g/mol. The molecule has 1 aliphatic rings. The number of cyclic esters (lactones) is 1. The summed E-state index contributed by atoms with van der Waals surface area (Å²) >= 11 is 0. The first-order chi connectivity index (χ1) is 18.1. The molecule has 12 nitrogen and oxygen atoms in total. The molecule has 4 unspecified atom stereocenters. The highest BCUT2D eigenvalue weighted by atomic mass is 16.7. The third kappa shape index (κ3) is 8.86. The minimum absolute atomic E-state index is 0.0361. The van der Waals surface area contributed by atoms with E-state index in [0.29, 0.717) is 6.42 Å². The second kappa shape index (κ2) is 15.1. The van der Waals surface area contributed by atoms with Gasteiger partial charge in [0.25, 0.3) is 5.91 Å². The lowest BCUT2D eigenvalue weighted by Crippen LogP contribution is -2.46. The fourth-order valence-corrected chi connectivity index (χ4v) is 3.81. The number of aromatic nitrogens is 1. The van der Waals surface area contributed by atoms with Gasteiger partial charge in [0.05, 0.1) is 26.2 Å². The Morgan fingerprint density at radius 2 is 1.97 bits per heavy atom. The van der Waals surface area contributed by atoms with Gasteiger partial charge in [-0.15, -0.1) is 0 Å². The highest BCUT2D eigenvalue weighted by Gasteiger charge is 2.37. The summed E-state index contributed by atoms with van der Waals surface area (Å²) < 4.78 is 32.6. The molecule has 1 aromatic rings. The fraction of sp³-hybridized carbons (Fsp3) is 0.654. The Morgan fingerprint density at radius 1 is 1.24 bits per heavy atom. The van der Waals surface area contributed by atoms with Crippen molar-refractivity contribution in [2.45, 2.75) is 72.1 Å². The van der Waals surface area contributed by atoms with Crippen LogP contribution in [0.15, 0.2) is 12.3 Å². The van der Waals surface area contributed by atoms with Crippen LogP contribution in [0.1, 0.15) is 64.4 Å². The maximum atomic E-state index is 13.2. The van der Waals surface area contributed by atoms with Crippen LogP contribution in [0.3, 0.4) is 0 Å². The summed E-state index contributed by atoms with van der Waals surface area (Å²) in [6, 6.07) is 0.291. The van der Waals surface area contributed by atoms with Crippen LogP contribution >= 0.6 is 0 Å². The number of nitrogens with one attached hydrogen (secondary N) is 1. The first-order valence-electron chi connectivity index (χ1n) is 12.7. The number of hydrogen-bond donors (Lipinski definition) is 1. The average molecular weight is 539 g/mol. The number of pyridine rings is 1. The van der Waals surface area contributed by atoms with Crippen molar-refractivity contribution in [1.82, 2.24) is 10.3 Å². The van der Waals surface area contributed by atoms with Crippen molar-refractivity contribution in [1.29, 1.82) is 0 Å². The number of rotatable bonds is 11. The van der Waals surface area contributed by atoms with Crippen molar-refractivity contribution < 1.29 is 47.6 Å². The molecule has 0 saturated carbocycles. The van der Waals surface area contributed by atoms with Crippen molar-refractivity contribution in [3.8, 4) is 11.5 Å². The minimum atomic E-state index is -1.18. The number of hydrogen-bond acceptors (Lipinski definition) is 11. The molecule has 1 fully saturated rings. The van der Waals surface area contributed by atoms with Gasteiger partial charge < -0.3 is 33.7 Å². The average Bonchev–Trinajstić information content (AvgIpc) is 2.91. The summed E-state index contributed by atoms with van der Waals surface area (Å²) in [7, 11) is 1.37. The first-order valence-corrected chi connectivity index (χ1v) is 12.7. The normalized spacial score (nSPS) is 21.8. The number of amides is 1. The predicted molar refractivity (Wildman–Crippen MR) is 133 cm³/mol. The van der Waals surface area contributed by atoms with Gasteiger partial charge in [-0.05, 0) is 13.3 Å². The lowest BCUT2D eigenvalue weighted by Gasteiger charge is -2.30. The SMILES string of the molecule is CCCCC1C(C)OC(=O)C(NC(=O)c2nccc(OC)c2OCOC(C)=O)COCC1OC(=O)C(C)C. The van der Waals surface area contributed by atoms with E-state index in [1.807, 2.05) is 6.92 Å². The van der Waals surface area contributed by atoms with Crippen LogP contribution in [0.5, 0.6) is 11.5 Å². The largest absolute Gasteiger partial charge is 0.493 e. The van der Waals surface area contributed by atoms with E-state index >= 15 is 0 Å². The molecule has 0 bridgehead atoms. The van der Waals surface area contributed by atoms with Crippen LogP contribution in [-0.2, 0) is 33.3 Å². The zero-order chi connectivity index (χ0) is 28.2. The molecule has 2 heterocycles. The molecule has 212 valence electrons. The number of esters is 3. The maximum Gasteiger partial charge on any atom is 0.331 e. The Kier molecular flexibility index (Phi) is 12.3. The number of ether oxygens (including phenoxy) is 6. The van der Waals surface area contributed by atoms with Crippen molar-refractivity contribution in [3.05, 3.63) is 18.0 Å². The molecule has 4 atom stereocenters. The lowest BCUT2D eigenvalue weighted by molar-refractivity contribution is -0.165. The summed E-state index contributed by atoms with van der Waals surface area (Å²) in [4.78, 5) is 53.7. The Hall–Kier alpha value is -3.41. The summed E-state index contributed by atoms with van der Waals surface area (Å²) in [6.07, 6.45) is 2.54. The van der Waals surface area contributed by atoms with E-state index in [2.05, 4.69) is 10.3 Å². The molecule has 1 amide bonds. The summed E-state index contributed by atoms with van der Waals surface area (Å²) in [5.74, 6) is -2.91. The van der Waals surface area contributed by atoms with Crippen LogP contribution in [0.25, 0.3) is 0 Å². The number of unbranched alkanes of at least 4 members (excludes halogenated alkanes) is 1. The molecule has 1 saturated heterocycles. The van der Waals surface area contributed by atoms with Gasteiger partial charge >= 0.3 is 17.9 Å². The Balaban J connectivity index is 2.23. The molecule has 0 aromatic carbocycles. The molecule has 1 aromatic heterocycles. The van der Waals surface area contributed by atoms with Gasteiger partial charge in [0.2, 0.25) is 6.79 Å². The van der Waals surface area contributed by atoms with Crippen molar-refractivity contribution in [2.24, 2.45) is 11.8 Å². The lowest BCUT2D eigenvalue weighted by atomic mass is 9.91. The van der Waals surface area contributed by atoms with Crippen LogP contribution in [0.2, 0.25) is 0 Å². The van der Waals surface area contributed by atoms with Crippen molar-refractivity contribution in [3.63, 3.8) is 0 Å². The third-order valence-electron chi connectivity index (χ3n) is 5.94. The third-order valence-corrected chi connectivity index (χ3v) is 5.94. The van der Waals surface area contributed by atoms with Crippen LogP contribution < -0.4 is 14.8 Å². The van der Waals surface area contributed by atoms with Crippen LogP contribution in [-0.4, -0.2) is 74.2 Å². The molecular formula is C26H38N2O10. The van der Waals surface area contributed by atoms with Gasteiger partial charge in [0.1, 0.15) is 12.2 Å². The second-order valence-corrected chi connectivity index (χ2v) is 9.23. The quantitative estimate of drug-likeness (QED) is 0.251. The number of carbonyl (C=O) groups is 4. The Bertz CT molecular complexity index is 967. The van der Waals surface area contributed by atoms with Gasteiger partial charge in [0.15, 0.2) is 23.2 Å². The van der Waals surface area contributed by atoms with E-state index in [0.717, 1.165) is 12.8 Å². The van der Waals surface area contributed by atoms with Crippen LogP contribution in [0.4, 0.5) is 0 Å². The molecule has 0 spiro atoms. The zero-order valence-electron chi connectivity index (χ0n) is 22.8. The van der Waals surface area contributed by atoms with Crippen molar-refractivity contribution >= 4 is 23.8 Å². The smallest absolute Gasteiger partial charge is 0.331 e. The predicted octanol–water partition coefficient (Wildman–Crippen LogP) is 2.42. The standard InChI is InChI=1S/C26H38N2O10/c1-7-8-9-18-16(4)37-26(32)19(12-34-13-21(18)38-25(31)15(2)3)28-24(30)22-23(36-14-35-17(5)29)20(33-6)10-11-27-22/h10-11,15-16,18-19,21H,7-9,12-14H2,1-6H3,(H,28,30). The number of nitrogens with zero attached hydrogens (tertiary/aromatic N) is 1. The molecular weight excluding hydrogens is 500 g/mol. The fourth-order valence-electron chi connectivity index (χ4n) is 3.81. The zero-order valence-corrected chi connectivity index (χ0v) is 22.8. The Morgan fingerprint density at radius 3 is 2.61 bits per heavy atom. The second-order valence-electron chi connectivity index (χ2n) is 9.23. The van der Waals surface area contributed by atoms with Crippen molar-refractivity contribution in [2.75, 3.05) is 27.1 Å². The van der Waals surface area contributed by atoms with E-state index in [1.54, 1.807) is 20.8 Å². The van der Waals surface area contributed by atoms with Gasteiger partial charge in [0, 0.05) is 25.1 Å². The maximum absolute atomic E-state index is 13.2. The highest BCUT2D eigenvalue weighted by molar-refractivity contribution is 5.98. The summed E-state index contributed by atoms with van der Waals surface area (Å²) in [6.45, 7) is 7.82. The van der Waals surface area contributed by atoms with Crippen LogP contribution in [0, 0.1) is 11.8 Å². The number of carbonyl (C=O) groups excluding carboxylic acids is 4. The van der Waals surface area contributed by atoms with E-state index in [-0.39, 0.29) is 48.2 Å². The van der Waals surface area contributed by atoms with E-state index < -0.39 is 42.9 Å². The highest BCUT2D eigenvalue weighted by Crippen LogP contribution is 2.30. The molecule has 38 heavy (non-hydrogen) atoms. The van der Waals surface area contributed by atoms with Gasteiger partial charge in [-0.25, -0.2) is 9.78 Å². The van der Waals surface area contributed by atoms with E-state index in [9.17, 15) is 19.2 Å². The van der Waals surface area contributed by atoms with Gasteiger partial charge in [-0.2, -0.15) is 0 Å². The topological polar surface area (TPSA) is 149 Å². The minimum Gasteiger partial charge on any atom is -0.493 e. The first kappa shape index (κ1) is 30.8. The molecule has 0 aliphatic carbocycles. The molecule has 1 N–H and O–H groups in total. The molecule has 2 rings (SSSR count). The van der Waals surface area contributed by atoms with Gasteiger partial charge in [-0.3, -0.25) is 14.4 Å². The molecule has 12 heteroatoms. The van der Waals surface area contributed by atoms with Gasteiger partial charge in [-0.1, -0.05) is 33.6 Å². The molecule has 0 radical (unpaired) electrons. The van der Waals surface area contributed by atoms with E-state index in [1.165, 1.54) is 26.3 Å². The number of methoxy groups -OCH3 is 1. The van der Waals surface area contributed by atoms with E-state index in [4.69, 9.17) is 28.4 Å². The summed E-state index contributed by atoms with van der Waals surface area (Å²) in [5, 5.41) is 2.57. The molecule has 1 aliphatic heterocycles.